The summed E-state index contributed by atoms with van der Waals surface area (Å²) in [5.41, 5.74) is -0.0764. The molecule has 5 heteroatoms. The third-order valence-corrected chi connectivity index (χ3v) is 4.80. The third-order valence-electron chi connectivity index (χ3n) is 3.90. The largest absolute Gasteiger partial charge is 0.340 e. The summed E-state index contributed by atoms with van der Waals surface area (Å²) < 4.78 is 1.18. The van der Waals surface area contributed by atoms with Crippen LogP contribution in [0.1, 0.15) is 27.2 Å². The average molecular weight is 302 g/mol. The normalized spacial score (nSPS) is 21.7. The van der Waals surface area contributed by atoms with Gasteiger partial charge in [0.1, 0.15) is 11.6 Å². The molecule has 1 aliphatic rings. The molecule has 1 aromatic carbocycles. The molecule has 1 saturated heterocycles. The van der Waals surface area contributed by atoms with Gasteiger partial charge in [0.05, 0.1) is 0 Å². The molecule has 0 bridgehead atoms. The van der Waals surface area contributed by atoms with Crippen LogP contribution in [0.25, 0.3) is 10.1 Å². The minimum atomic E-state index is -0.869. The molecule has 0 aliphatic carbocycles. The molecule has 21 heavy (non-hydrogen) atoms. The van der Waals surface area contributed by atoms with Crippen molar-refractivity contribution >= 4 is 38.9 Å². The first-order chi connectivity index (χ1) is 9.94. The Kier molecular flexibility index (Phi) is 3.24. The molecule has 1 fully saturated rings. The molecule has 0 radical (unpaired) electrons. The molecule has 2 amide bonds. The Morgan fingerprint density at radius 2 is 2.05 bits per heavy atom. The van der Waals surface area contributed by atoms with Crippen molar-refractivity contribution in [2.24, 2.45) is 0 Å². The van der Waals surface area contributed by atoms with Crippen LogP contribution in [0.5, 0.6) is 0 Å². The maximum absolute atomic E-state index is 12.8. The Bertz CT molecular complexity index is 720. The summed E-state index contributed by atoms with van der Waals surface area (Å²) in [6.45, 7) is 5.41. The van der Waals surface area contributed by atoms with E-state index in [1.165, 1.54) is 4.70 Å². The second kappa shape index (κ2) is 4.84. The molecule has 1 unspecified atom stereocenters. The van der Waals surface area contributed by atoms with Crippen LogP contribution in [0, 0.1) is 0 Å². The zero-order chi connectivity index (χ0) is 15.2. The average Bonchev–Trinajstić information content (AvgIpc) is 2.89. The first kappa shape index (κ1) is 14.1. The van der Waals surface area contributed by atoms with Gasteiger partial charge in [0.15, 0.2) is 0 Å². The van der Waals surface area contributed by atoms with Crippen molar-refractivity contribution in [2.75, 3.05) is 4.90 Å². The maximum Gasteiger partial charge on any atom is 0.252 e. The lowest BCUT2D eigenvalue weighted by molar-refractivity contribution is -0.137. The van der Waals surface area contributed by atoms with E-state index in [2.05, 4.69) is 5.32 Å². The molecule has 1 atom stereocenters. The number of nitrogens with zero attached hydrogens (tertiary/aromatic N) is 1. The maximum atomic E-state index is 12.8. The number of hydrogen-bond acceptors (Lipinski definition) is 3. The Labute approximate surface area is 127 Å². The number of piperazine rings is 1. The highest BCUT2D eigenvalue weighted by Gasteiger charge is 2.45. The van der Waals surface area contributed by atoms with E-state index in [-0.39, 0.29) is 11.8 Å². The number of benzene rings is 1. The van der Waals surface area contributed by atoms with E-state index < -0.39 is 11.6 Å². The topological polar surface area (TPSA) is 49.4 Å². The molecule has 3 rings (SSSR count). The summed E-state index contributed by atoms with van der Waals surface area (Å²) in [5, 5.41) is 5.94. The fourth-order valence-corrected chi connectivity index (χ4v) is 3.54. The molecule has 1 N–H and O–H groups in total. The van der Waals surface area contributed by atoms with Gasteiger partial charge < -0.3 is 5.32 Å². The molecule has 110 valence electrons. The first-order valence-electron chi connectivity index (χ1n) is 7.07. The van der Waals surface area contributed by atoms with Crippen LogP contribution in [0.2, 0.25) is 0 Å². The summed E-state index contributed by atoms with van der Waals surface area (Å²) in [5.74, 6) is -0.156. The number of thiophene rings is 1. The van der Waals surface area contributed by atoms with Gasteiger partial charge in [-0.25, -0.2) is 0 Å². The van der Waals surface area contributed by atoms with Crippen molar-refractivity contribution < 1.29 is 9.59 Å². The van der Waals surface area contributed by atoms with E-state index in [0.717, 1.165) is 11.1 Å². The molecular formula is C16H18N2O2S. The van der Waals surface area contributed by atoms with E-state index in [4.69, 9.17) is 0 Å². The number of fused-ring (bicyclic) bond motifs is 1. The lowest BCUT2D eigenvalue weighted by Gasteiger charge is -2.42. The quantitative estimate of drug-likeness (QED) is 0.927. The zero-order valence-electron chi connectivity index (χ0n) is 12.3. The van der Waals surface area contributed by atoms with Gasteiger partial charge in [0, 0.05) is 10.4 Å². The minimum Gasteiger partial charge on any atom is -0.340 e. The van der Waals surface area contributed by atoms with E-state index in [1.807, 2.05) is 36.6 Å². The number of anilines is 1. The van der Waals surface area contributed by atoms with E-state index in [0.29, 0.717) is 6.42 Å². The van der Waals surface area contributed by atoms with Crippen molar-refractivity contribution in [1.29, 1.82) is 0 Å². The van der Waals surface area contributed by atoms with Gasteiger partial charge in [-0.05, 0) is 55.3 Å². The fourth-order valence-electron chi connectivity index (χ4n) is 2.77. The standard InChI is InChI=1S/C16H18N2O2S/c1-4-12-14(19)17-16(2,3)15(20)18(12)11-5-6-13-10(9-11)7-8-21-13/h5-9,12H,4H2,1-3H3,(H,17,19). The Morgan fingerprint density at radius 3 is 2.76 bits per heavy atom. The van der Waals surface area contributed by atoms with Gasteiger partial charge in [0.2, 0.25) is 5.91 Å². The van der Waals surface area contributed by atoms with Crippen LogP contribution in [-0.4, -0.2) is 23.4 Å². The monoisotopic (exact) mass is 302 g/mol. The SMILES string of the molecule is CCC1C(=O)NC(C)(C)C(=O)N1c1ccc2sccc2c1. The first-order valence-corrected chi connectivity index (χ1v) is 7.95. The molecule has 2 aromatic rings. The minimum absolute atomic E-state index is 0.0662. The van der Waals surface area contributed by atoms with Crippen LogP contribution in [0.4, 0.5) is 5.69 Å². The van der Waals surface area contributed by atoms with Gasteiger partial charge >= 0.3 is 0 Å². The van der Waals surface area contributed by atoms with Crippen LogP contribution >= 0.6 is 11.3 Å². The number of rotatable bonds is 2. The van der Waals surface area contributed by atoms with Crippen molar-refractivity contribution in [3.63, 3.8) is 0 Å². The second-order valence-corrected chi connectivity index (χ2v) is 6.80. The molecule has 0 spiro atoms. The van der Waals surface area contributed by atoms with Crippen LogP contribution in [-0.2, 0) is 9.59 Å². The number of hydrogen-bond donors (Lipinski definition) is 1. The van der Waals surface area contributed by atoms with Crippen molar-refractivity contribution in [2.45, 2.75) is 38.8 Å². The number of carbonyl (C=O) groups excluding carboxylic acids is 2. The van der Waals surface area contributed by atoms with Crippen LogP contribution in [0.3, 0.4) is 0 Å². The summed E-state index contributed by atoms with van der Waals surface area (Å²) in [7, 11) is 0. The zero-order valence-corrected chi connectivity index (χ0v) is 13.2. The Balaban J connectivity index is 2.10. The molecular weight excluding hydrogens is 284 g/mol. The lowest BCUT2D eigenvalue weighted by atomic mass is 9.95. The third kappa shape index (κ3) is 2.21. The van der Waals surface area contributed by atoms with E-state index >= 15 is 0 Å². The molecule has 0 saturated carbocycles. The lowest BCUT2D eigenvalue weighted by Crippen LogP contribution is -2.68. The smallest absolute Gasteiger partial charge is 0.252 e. The van der Waals surface area contributed by atoms with Crippen molar-refractivity contribution in [3.05, 3.63) is 29.6 Å². The number of nitrogens with one attached hydrogen (secondary N) is 1. The van der Waals surface area contributed by atoms with Crippen molar-refractivity contribution in [1.82, 2.24) is 5.32 Å². The predicted molar refractivity (Wildman–Crippen MR) is 85.6 cm³/mol. The second-order valence-electron chi connectivity index (χ2n) is 5.86. The summed E-state index contributed by atoms with van der Waals surface area (Å²) in [6, 6.07) is 7.51. The number of carbonyl (C=O) groups is 2. The fraction of sp³-hybridized carbons (Fsp3) is 0.375. The van der Waals surface area contributed by atoms with E-state index in [1.54, 1.807) is 30.1 Å². The summed E-state index contributed by atoms with van der Waals surface area (Å²) in [4.78, 5) is 26.7. The van der Waals surface area contributed by atoms with Crippen molar-refractivity contribution in [3.8, 4) is 0 Å². The van der Waals surface area contributed by atoms with Gasteiger partial charge in [-0.3, -0.25) is 14.5 Å². The molecule has 1 aromatic heterocycles. The molecule has 4 nitrogen and oxygen atoms in total. The van der Waals surface area contributed by atoms with Gasteiger partial charge in [-0.15, -0.1) is 11.3 Å². The van der Waals surface area contributed by atoms with Gasteiger partial charge in [0.25, 0.3) is 5.91 Å². The number of amides is 2. The highest BCUT2D eigenvalue weighted by atomic mass is 32.1. The molecule has 2 heterocycles. The summed E-state index contributed by atoms with van der Waals surface area (Å²) in [6.07, 6.45) is 0.593. The highest BCUT2D eigenvalue weighted by Crippen LogP contribution is 2.31. The predicted octanol–water partition coefficient (Wildman–Crippen LogP) is 2.92. The highest BCUT2D eigenvalue weighted by molar-refractivity contribution is 7.17. The Morgan fingerprint density at radius 1 is 1.29 bits per heavy atom. The summed E-state index contributed by atoms with van der Waals surface area (Å²) >= 11 is 1.67. The Hall–Kier alpha value is -1.88. The van der Waals surface area contributed by atoms with Gasteiger partial charge in [-0.2, -0.15) is 0 Å². The van der Waals surface area contributed by atoms with Crippen LogP contribution < -0.4 is 10.2 Å². The molecule has 1 aliphatic heterocycles. The van der Waals surface area contributed by atoms with Crippen LogP contribution in [0.15, 0.2) is 29.6 Å². The van der Waals surface area contributed by atoms with E-state index in [9.17, 15) is 9.59 Å². The van der Waals surface area contributed by atoms with Gasteiger partial charge in [-0.1, -0.05) is 6.92 Å².